The summed E-state index contributed by atoms with van der Waals surface area (Å²) in [6.07, 6.45) is 2.02. The summed E-state index contributed by atoms with van der Waals surface area (Å²) in [5, 5.41) is 0. The molecule has 0 saturated carbocycles. The average Bonchev–Trinajstić information content (AvgIpc) is 2.75. The Balaban J connectivity index is 1.61. The summed E-state index contributed by atoms with van der Waals surface area (Å²) in [6.45, 7) is 5.77. The minimum Gasteiger partial charge on any atom is -0.456 e. The number of carbonyl (C=O) groups excluding carboxylic acids is 2. The molecule has 30 heavy (non-hydrogen) atoms. The maximum atomic E-state index is 12.9. The molecule has 0 N–H and O–H groups in total. The third-order valence-corrected chi connectivity index (χ3v) is 5.17. The lowest BCUT2D eigenvalue weighted by atomic mass is 10.2. The summed E-state index contributed by atoms with van der Waals surface area (Å²) in [7, 11) is 0. The molecular formula is C22H29N3O5. The Labute approximate surface area is 175 Å². The molecule has 1 aliphatic heterocycles. The van der Waals surface area contributed by atoms with Crippen LogP contribution in [-0.2, 0) is 32.0 Å². The number of fused-ring (bicyclic) bond motifs is 1. The van der Waals surface area contributed by atoms with Crippen LogP contribution in [0.5, 0.6) is 0 Å². The summed E-state index contributed by atoms with van der Waals surface area (Å²) in [6, 6.07) is 7.51. The van der Waals surface area contributed by atoms with Crippen molar-refractivity contribution < 1.29 is 19.1 Å². The molecule has 1 aliphatic rings. The minimum absolute atomic E-state index is 0.00114. The first-order valence-corrected chi connectivity index (χ1v) is 10.5. The number of morpholine rings is 1. The van der Waals surface area contributed by atoms with E-state index in [-0.39, 0.29) is 37.0 Å². The molecule has 3 rings (SSSR count). The van der Waals surface area contributed by atoms with E-state index in [0.29, 0.717) is 31.9 Å². The van der Waals surface area contributed by atoms with Gasteiger partial charge < -0.3 is 18.9 Å². The van der Waals surface area contributed by atoms with Crippen molar-refractivity contribution in [2.75, 3.05) is 26.3 Å². The Hall–Kier alpha value is -2.74. The molecule has 2 heterocycles. The molecule has 1 unspecified atom stereocenters. The predicted molar refractivity (Wildman–Crippen MR) is 112 cm³/mol. The van der Waals surface area contributed by atoms with Crippen LogP contribution in [0.15, 0.2) is 29.1 Å². The van der Waals surface area contributed by atoms with Gasteiger partial charge >= 0.3 is 5.97 Å². The van der Waals surface area contributed by atoms with E-state index < -0.39 is 5.97 Å². The number of carbonyl (C=O) groups is 2. The zero-order valence-electron chi connectivity index (χ0n) is 17.6. The van der Waals surface area contributed by atoms with Crippen LogP contribution < -0.4 is 5.56 Å². The molecule has 1 amide bonds. The lowest BCUT2D eigenvalue weighted by Crippen LogP contribution is -2.46. The van der Waals surface area contributed by atoms with Gasteiger partial charge in [0.2, 0.25) is 0 Å². The van der Waals surface area contributed by atoms with Crippen LogP contribution in [0.2, 0.25) is 0 Å². The molecular weight excluding hydrogens is 386 g/mol. The van der Waals surface area contributed by atoms with Crippen molar-refractivity contribution in [3.05, 3.63) is 40.3 Å². The molecule has 0 spiro atoms. The molecule has 8 nitrogen and oxygen atoms in total. The van der Waals surface area contributed by atoms with E-state index in [4.69, 9.17) is 9.47 Å². The van der Waals surface area contributed by atoms with Crippen molar-refractivity contribution in [1.82, 2.24) is 14.5 Å². The number of unbranched alkanes of at least 4 members (excludes halogenated alkanes) is 1. The Morgan fingerprint density at radius 2 is 2.10 bits per heavy atom. The fourth-order valence-corrected chi connectivity index (χ4v) is 3.52. The molecule has 0 radical (unpaired) electrons. The maximum absolute atomic E-state index is 12.9. The van der Waals surface area contributed by atoms with Gasteiger partial charge in [-0.25, -0.2) is 4.98 Å². The second-order valence-corrected chi connectivity index (χ2v) is 7.54. The lowest BCUT2D eigenvalue weighted by Gasteiger charge is -2.30. The molecule has 1 saturated heterocycles. The number of benzene rings is 1. The van der Waals surface area contributed by atoms with Crippen LogP contribution in [0.4, 0.5) is 0 Å². The van der Waals surface area contributed by atoms with Gasteiger partial charge in [-0.15, -0.1) is 0 Å². The number of hydrogen-bond acceptors (Lipinski definition) is 6. The minimum atomic E-state index is -0.515. The Morgan fingerprint density at radius 3 is 2.87 bits per heavy atom. The van der Waals surface area contributed by atoms with Gasteiger partial charge in [-0.05, 0) is 25.5 Å². The van der Waals surface area contributed by atoms with Gasteiger partial charge in [0, 0.05) is 26.1 Å². The molecule has 1 aromatic heterocycles. The van der Waals surface area contributed by atoms with E-state index in [2.05, 4.69) is 11.9 Å². The topological polar surface area (TPSA) is 90.7 Å². The van der Waals surface area contributed by atoms with Crippen LogP contribution in [0, 0.1) is 0 Å². The molecule has 2 aromatic rings. The maximum Gasteiger partial charge on any atom is 0.306 e. The fraction of sp³-hybridized carbons (Fsp3) is 0.545. The summed E-state index contributed by atoms with van der Waals surface area (Å²) in [5.74, 6) is -0.747. The van der Waals surface area contributed by atoms with Crippen molar-refractivity contribution in [3.63, 3.8) is 0 Å². The van der Waals surface area contributed by atoms with E-state index in [9.17, 15) is 14.4 Å². The first-order valence-electron chi connectivity index (χ1n) is 10.5. The van der Waals surface area contributed by atoms with Crippen molar-refractivity contribution in [3.8, 4) is 0 Å². The van der Waals surface area contributed by atoms with E-state index in [1.807, 2.05) is 31.2 Å². The summed E-state index contributed by atoms with van der Waals surface area (Å²) < 4.78 is 12.3. The van der Waals surface area contributed by atoms with E-state index in [1.165, 1.54) is 0 Å². The lowest BCUT2D eigenvalue weighted by molar-refractivity contribution is -0.154. The number of nitrogens with zero attached hydrogens (tertiary/aromatic N) is 3. The number of para-hydroxylation sites is 2. The zero-order valence-corrected chi connectivity index (χ0v) is 17.6. The quantitative estimate of drug-likeness (QED) is 0.612. The van der Waals surface area contributed by atoms with Gasteiger partial charge in [0.05, 0.1) is 30.2 Å². The van der Waals surface area contributed by atoms with Gasteiger partial charge in [0.15, 0.2) is 6.61 Å². The summed E-state index contributed by atoms with van der Waals surface area (Å²) in [4.78, 5) is 43.3. The van der Waals surface area contributed by atoms with Crippen molar-refractivity contribution in [1.29, 1.82) is 0 Å². The number of aromatic nitrogens is 2. The highest BCUT2D eigenvalue weighted by molar-refractivity contribution is 5.81. The van der Waals surface area contributed by atoms with Gasteiger partial charge in [-0.3, -0.25) is 14.4 Å². The monoisotopic (exact) mass is 415 g/mol. The van der Waals surface area contributed by atoms with Crippen LogP contribution in [0.25, 0.3) is 11.0 Å². The Bertz CT molecular complexity index is 955. The highest BCUT2D eigenvalue weighted by Crippen LogP contribution is 2.12. The molecule has 8 heteroatoms. The van der Waals surface area contributed by atoms with Crippen molar-refractivity contribution >= 4 is 22.9 Å². The van der Waals surface area contributed by atoms with Crippen LogP contribution >= 0.6 is 0 Å². The van der Waals surface area contributed by atoms with Crippen molar-refractivity contribution in [2.24, 2.45) is 0 Å². The number of amides is 1. The zero-order chi connectivity index (χ0) is 21.5. The highest BCUT2D eigenvalue weighted by atomic mass is 16.5. The SMILES string of the molecule is CCCCn1c(=O)c(CCC(=O)OCC(=O)N2CCOC(C)C2)nc2ccccc21. The van der Waals surface area contributed by atoms with Crippen LogP contribution in [0.1, 0.15) is 38.8 Å². The molecule has 162 valence electrons. The number of hydrogen-bond donors (Lipinski definition) is 0. The molecule has 0 bridgehead atoms. The van der Waals surface area contributed by atoms with E-state index in [0.717, 1.165) is 23.9 Å². The van der Waals surface area contributed by atoms with Gasteiger partial charge in [0.25, 0.3) is 11.5 Å². The Kier molecular flexibility index (Phi) is 7.57. The van der Waals surface area contributed by atoms with Crippen LogP contribution in [-0.4, -0.2) is 58.7 Å². The standard InChI is InChI=1S/C22H29N3O5/c1-3-4-11-25-19-8-6-5-7-17(19)23-18(22(25)28)9-10-21(27)30-15-20(26)24-12-13-29-16(2)14-24/h5-8,16H,3-4,9-15H2,1-2H3. The highest BCUT2D eigenvalue weighted by Gasteiger charge is 2.22. The van der Waals surface area contributed by atoms with Gasteiger partial charge in [0.1, 0.15) is 5.69 Å². The van der Waals surface area contributed by atoms with Gasteiger partial charge in [-0.1, -0.05) is 25.5 Å². The molecule has 1 fully saturated rings. The first-order chi connectivity index (χ1) is 14.5. The smallest absolute Gasteiger partial charge is 0.306 e. The van der Waals surface area contributed by atoms with E-state index in [1.54, 1.807) is 9.47 Å². The van der Waals surface area contributed by atoms with Gasteiger partial charge in [-0.2, -0.15) is 0 Å². The third-order valence-electron chi connectivity index (χ3n) is 5.17. The normalized spacial score (nSPS) is 16.6. The summed E-state index contributed by atoms with van der Waals surface area (Å²) in [5.41, 5.74) is 1.70. The molecule has 0 aliphatic carbocycles. The third kappa shape index (κ3) is 5.44. The largest absolute Gasteiger partial charge is 0.456 e. The second kappa shape index (κ2) is 10.3. The number of rotatable bonds is 8. The first kappa shape index (κ1) is 22.0. The van der Waals surface area contributed by atoms with E-state index >= 15 is 0 Å². The Morgan fingerprint density at radius 1 is 1.30 bits per heavy atom. The predicted octanol–water partition coefficient (Wildman–Crippen LogP) is 1.92. The number of aryl methyl sites for hydroxylation is 2. The van der Waals surface area contributed by atoms with Crippen molar-refractivity contribution in [2.45, 2.75) is 52.2 Å². The van der Waals surface area contributed by atoms with Crippen LogP contribution in [0.3, 0.4) is 0 Å². The molecule has 1 atom stereocenters. The fourth-order valence-electron chi connectivity index (χ4n) is 3.52. The number of esters is 1. The second-order valence-electron chi connectivity index (χ2n) is 7.54. The summed E-state index contributed by atoms with van der Waals surface area (Å²) >= 11 is 0. The average molecular weight is 415 g/mol. The number of ether oxygens (including phenoxy) is 2. The molecule has 1 aromatic carbocycles.